The number of aryl methyl sites for hydroxylation is 2. The molecule has 0 aliphatic carbocycles. The Morgan fingerprint density at radius 2 is 1.88 bits per heavy atom. The highest BCUT2D eigenvalue weighted by Gasteiger charge is 2.23. The highest BCUT2D eigenvalue weighted by Crippen LogP contribution is 2.23. The first-order valence-electron chi connectivity index (χ1n) is 8.31. The molecule has 0 spiro atoms. The summed E-state index contributed by atoms with van der Waals surface area (Å²) >= 11 is 1.69. The first kappa shape index (κ1) is 16.9. The zero-order chi connectivity index (χ0) is 16.9. The fourth-order valence-corrected chi connectivity index (χ4v) is 4.00. The molecule has 1 saturated heterocycles. The average molecular weight is 344 g/mol. The molecular formula is C18H24N4OS. The lowest BCUT2D eigenvalue weighted by molar-refractivity contribution is -0.128. The zero-order valence-corrected chi connectivity index (χ0v) is 15.1. The van der Waals surface area contributed by atoms with E-state index in [9.17, 15) is 4.79 Å². The number of nitrogens with one attached hydrogen (secondary N) is 1. The van der Waals surface area contributed by atoms with Gasteiger partial charge in [-0.05, 0) is 19.4 Å². The van der Waals surface area contributed by atoms with E-state index in [1.54, 1.807) is 11.8 Å². The number of rotatable bonds is 5. The number of carbonyl (C=O) groups excluding carboxylic acids is 1. The Balaban J connectivity index is 1.45. The Labute approximate surface area is 147 Å². The molecule has 1 N–H and O–H groups in total. The molecular weight excluding hydrogens is 320 g/mol. The average Bonchev–Trinajstić information content (AvgIpc) is 2.94. The van der Waals surface area contributed by atoms with E-state index in [0.717, 1.165) is 43.3 Å². The molecule has 1 aromatic carbocycles. The minimum absolute atomic E-state index is 0.246. The van der Waals surface area contributed by atoms with Crippen LogP contribution in [0.15, 0.2) is 30.3 Å². The summed E-state index contributed by atoms with van der Waals surface area (Å²) in [5.74, 6) is 1.69. The van der Waals surface area contributed by atoms with Crippen molar-refractivity contribution < 1.29 is 4.79 Å². The van der Waals surface area contributed by atoms with Crippen LogP contribution < -0.4 is 4.90 Å². The molecule has 0 radical (unpaired) electrons. The van der Waals surface area contributed by atoms with Crippen molar-refractivity contribution in [2.24, 2.45) is 0 Å². The lowest BCUT2D eigenvalue weighted by Crippen LogP contribution is -2.49. The molecule has 2 aromatic rings. The van der Waals surface area contributed by atoms with Crippen molar-refractivity contribution in [2.45, 2.75) is 19.6 Å². The van der Waals surface area contributed by atoms with Gasteiger partial charge in [-0.1, -0.05) is 30.3 Å². The number of nitrogens with zero attached hydrogens (tertiary/aromatic N) is 3. The number of piperazine rings is 1. The minimum atomic E-state index is 0.246. The van der Waals surface area contributed by atoms with Crippen molar-refractivity contribution in [3.8, 4) is 0 Å². The first-order valence-corrected chi connectivity index (χ1v) is 9.46. The van der Waals surface area contributed by atoms with Crippen LogP contribution in [0, 0.1) is 13.8 Å². The Kier molecular flexibility index (Phi) is 5.45. The van der Waals surface area contributed by atoms with Gasteiger partial charge >= 0.3 is 0 Å². The number of hydrogen-bond donors (Lipinski definition) is 1. The normalized spacial score (nSPS) is 14.9. The van der Waals surface area contributed by atoms with Crippen LogP contribution in [0.4, 0.5) is 5.69 Å². The number of anilines is 1. The van der Waals surface area contributed by atoms with Gasteiger partial charge < -0.3 is 9.80 Å². The minimum Gasteiger partial charge on any atom is -0.365 e. The van der Waals surface area contributed by atoms with Gasteiger partial charge in [-0.25, -0.2) is 0 Å². The maximum Gasteiger partial charge on any atom is 0.232 e. The lowest BCUT2D eigenvalue weighted by atomic mass is 10.2. The van der Waals surface area contributed by atoms with Gasteiger partial charge in [0.1, 0.15) is 0 Å². The molecule has 0 saturated carbocycles. The van der Waals surface area contributed by atoms with Gasteiger partial charge in [-0.15, -0.1) is 11.8 Å². The number of benzene rings is 1. The molecule has 1 aliphatic rings. The van der Waals surface area contributed by atoms with Crippen molar-refractivity contribution in [3.05, 3.63) is 47.3 Å². The van der Waals surface area contributed by atoms with Gasteiger partial charge in [0.05, 0.1) is 22.8 Å². The molecule has 0 unspecified atom stereocenters. The maximum atomic E-state index is 12.4. The molecule has 1 aliphatic heterocycles. The summed E-state index contributed by atoms with van der Waals surface area (Å²) in [6, 6.07) is 10.3. The van der Waals surface area contributed by atoms with E-state index in [2.05, 4.69) is 27.2 Å². The topological polar surface area (TPSA) is 52.2 Å². The van der Waals surface area contributed by atoms with Gasteiger partial charge in [0.15, 0.2) is 0 Å². The van der Waals surface area contributed by atoms with Crippen LogP contribution in [-0.2, 0) is 10.5 Å². The molecule has 3 rings (SSSR count). The molecule has 6 heteroatoms. The van der Waals surface area contributed by atoms with Crippen LogP contribution in [0.2, 0.25) is 0 Å². The van der Waals surface area contributed by atoms with E-state index in [4.69, 9.17) is 0 Å². The van der Waals surface area contributed by atoms with E-state index < -0.39 is 0 Å². The van der Waals surface area contributed by atoms with Crippen molar-refractivity contribution in [1.82, 2.24) is 15.1 Å². The van der Waals surface area contributed by atoms with E-state index >= 15 is 0 Å². The fraction of sp³-hybridized carbons (Fsp3) is 0.444. The molecule has 5 nitrogen and oxygen atoms in total. The first-order chi connectivity index (χ1) is 11.6. The number of hydrogen-bond acceptors (Lipinski definition) is 4. The fourth-order valence-electron chi connectivity index (χ4n) is 3.11. The summed E-state index contributed by atoms with van der Waals surface area (Å²) in [6.07, 6.45) is 0. The number of aromatic nitrogens is 2. The second kappa shape index (κ2) is 7.75. The molecule has 24 heavy (non-hydrogen) atoms. The van der Waals surface area contributed by atoms with Gasteiger partial charge in [-0.3, -0.25) is 9.89 Å². The van der Waals surface area contributed by atoms with Gasteiger partial charge in [0, 0.05) is 31.9 Å². The Bertz CT molecular complexity index is 658. The van der Waals surface area contributed by atoms with Crippen LogP contribution in [0.5, 0.6) is 0 Å². The van der Waals surface area contributed by atoms with Crippen molar-refractivity contribution >= 4 is 23.4 Å². The highest BCUT2D eigenvalue weighted by molar-refractivity contribution is 7.99. The third kappa shape index (κ3) is 3.93. The predicted octanol–water partition coefficient (Wildman–Crippen LogP) is 2.61. The van der Waals surface area contributed by atoms with Gasteiger partial charge in [-0.2, -0.15) is 5.10 Å². The van der Waals surface area contributed by atoms with E-state index in [0.29, 0.717) is 5.75 Å². The summed E-state index contributed by atoms with van der Waals surface area (Å²) in [5, 5.41) is 7.30. The van der Waals surface area contributed by atoms with Gasteiger partial charge in [0.25, 0.3) is 0 Å². The van der Waals surface area contributed by atoms with Crippen LogP contribution in [-0.4, -0.2) is 52.9 Å². The number of amides is 1. The third-order valence-electron chi connectivity index (χ3n) is 4.37. The number of thioether (sulfide) groups is 1. The van der Waals surface area contributed by atoms with Crippen molar-refractivity contribution in [2.75, 3.05) is 36.8 Å². The van der Waals surface area contributed by atoms with Gasteiger partial charge in [0.2, 0.25) is 5.91 Å². The summed E-state index contributed by atoms with van der Waals surface area (Å²) in [5.41, 5.74) is 4.60. The van der Waals surface area contributed by atoms with Crippen LogP contribution in [0.3, 0.4) is 0 Å². The smallest absolute Gasteiger partial charge is 0.232 e. The quantitative estimate of drug-likeness (QED) is 0.906. The highest BCUT2D eigenvalue weighted by atomic mass is 32.2. The predicted molar refractivity (Wildman–Crippen MR) is 99.5 cm³/mol. The van der Waals surface area contributed by atoms with Crippen LogP contribution >= 0.6 is 11.8 Å². The Morgan fingerprint density at radius 3 is 2.50 bits per heavy atom. The summed E-state index contributed by atoms with van der Waals surface area (Å²) < 4.78 is 0. The SMILES string of the molecule is Cc1n[nH]c(C)c1N1CCN(C(=O)CSCc2ccccc2)CC1. The monoisotopic (exact) mass is 344 g/mol. The number of aromatic amines is 1. The van der Waals surface area contributed by atoms with Crippen molar-refractivity contribution in [1.29, 1.82) is 0 Å². The van der Waals surface area contributed by atoms with Crippen molar-refractivity contribution in [3.63, 3.8) is 0 Å². The second-order valence-electron chi connectivity index (χ2n) is 6.13. The molecule has 0 bridgehead atoms. The summed E-state index contributed by atoms with van der Waals surface area (Å²) in [6.45, 7) is 7.39. The molecule has 128 valence electrons. The maximum absolute atomic E-state index is 12.4. The third-order valence-corrected chi connectivity index (χ3v) is 5.36. The summed E-state index contributed by atoms with van der Waals surface area (Å²) in [7, 11) is 0. The Hall–Kier alpha value is -1.95. The van der Waals surface area contributed by atoms with E-state index in [-0.39, 0.29) is 5.91 Å². The molecule has 2 heterocycles. The van der Waals surface area contributed by atoms with Crippen LogP contribution in [0.1, 0.15) is 17.0 Å². The molecule has 0 atom stereocenters. The molecule has 1 amide bonds. The molecule has 1 fully saturated rings. The van der Waals surface area contributed by atoms with Crippen LogP contribution in [0.25, 0.3) is 0 Å². The number of carbonyl (C=O) groups is 1. The Morgan fingerprint density at radius 1 is 1.17 bits per heavy atom. The van der Waals surface area contributed by atoms with E-state index in [1.807, 2.05) is 36.9 Å². The molecule has 1 aromatic heterocycles. The number of H-pyrrole nitrogens is 1. The largest absolute Gasteiger partial charge is 0.365 e. The lowest BCUT2D eigenvalue weighted by Gasteiger charge is -2.36. The summed E-state index contributed by atoms with van der Waals surface area (Å²) in [4.78, 5) is 16.7. The van der Waals surface area contributed by atoms with E-state index in [1.165, 1.54) is 11.3 Å². The second-order valence-corrected chi connectivity index (χ2v) is 7.11. The zero-order valence-electron chi connectivity index (χ0n) is 14.3. The standard InChI is InChI=1S/C18H24N4OS/c1-14-18(15(2)20-19-14)22-10-8-21(9-11-22)17(23)13-24-12-16-6-4-3-5-7-16/h3-7H,8-13H2,1-2H3,(H,19,20).